The molecule has 0 bridgehead atoms. The van der Waals surface area contributed by atoms with Gasteiger partial charge in [0, 0.05) is 28.8 Å². The van der Waals surface area contributed by atoms with Crippen molar-refractivity contribution in [3.05, 3.63) is 56.5 Å². The topological polar surface area (TPSA) is 75.7 Å². The number of hydrogen-bond donors (Lipinski definition) is 1. The highest BCUT2D eigenvalue weighted by Gasteiger charge is 2.37. The molecule has 1 N–H and O–H groups in total. The SMILES string of the molecule is Cc1cc(Br)c(Cl)cc1NC(=O)COC(=O)[C@@H]1CC(=O)N(c2c(C)cccc2C)C1. The molecule has 1 fully saturated rings. The van der Waals surface area contributed by atoms with Crippen molar-refractivity contribution in [3.8, 4) is 0 Å². The van der Waals surface area contributed by atoms with E-state index < -0.39 is 24.4 Å². The Balaban J connectivity index is 1.59. The van der Waals surface area contributed by atoms with E-state index in [-0.39, 0.29) is 18.9 Å². The molecule has 1 aliphatic heterocycles. The molecule has 0 spiro atoms. The maximum absolute atomic E-state index is 12.5. The number of hydrogen-bond acceptors (Lipinski definition) is 4. The first kappa shape index (κ1) is 22.3. The van der Waals surface area contributed by atoms with Crippen molar-refractivity contribution in [1.82, 2.24) is 0 Å². The molecule has 0 aliphatic carbocycles. The van der Waals surface area contributed by atoms with E-state index in [1.54, 1.807) is 17.0 Å². The maximum atomic E-state index is 12.5. The lowest BCUT2D eigenvalue weighted by Crippen LogP contribution is -2.29. The standard InChI is InChI=1S/C22H22BrClN2O4/c1-12-5-4-6-13(2)21(12)26-10-15(8-20(26)28)22(29)30-11-19(27)25-18-9-17(24)16(23)7-14(18)3/h4-7,9,15H,8,10-11H2,1-3H3,(H,25,27)/t15-/m1/s1. The van der Waals surface area contributed by atoms with Crippen LogP contribution in [0.5, 0.6) is 0 Å². The van der Waals surface area contributed by atoms with Gasteiger partial charge in [-0.3, -0.25) is 14.4 Å². The molecule has 0 saturated carbocycles. The van der Waals surface area contributed by atoms with Crippen molar-refractivity contribution in [1.29, 1.82) is 0 Å². The summed E-state index contributed by atoms with van der Waals surface area (Å²) in [7, 11) is 0. The Bertz CT molecular complexity index is 1000. The summed E-state index contributed by atoms with van der Waals surface area (Å²) in [5.41, 5.74) is 4.14. The quantitative estimate of drug-likeness (QED) is 0.620. The van der Waals surface area contributed by atoms with E-state index in [1.807, 2.05) is 39.0 Å². The second kappa shape index (κ2) is 9.18. The molecule has 0 aromatic heterocycles. The molecule has 2 aromatic carbocycles. The second-order valence-electron chi connectivity index (χ2n) is 7.38. The fourth-order valence-electron chi connectivity index (χ4n) is 3.53. The van der Waals surface area contributed by atoms with Gasteiger partial charge >= 0.3 is 5.97 Å². The number of carbonyl (C=O) groups excluding carboxylic acids is 3. The van der Waals surface area contributed by atoms with E-state index in [2.05, 4.69) is 21.2 Å². The van der Waals surface area contributed by atoms with Gasteiger partial charge in [0.1, 0.15) is 0 Å². The first-order valence-corrected chi connectivity index (χ1v) is 10.6. The molecular formula is C22H22BrClN2O4. The van der Waals surface area contributed by atoms with Gasteiger partial charge in [0.05, 0.1) is 10.9 Å². The lowest BCUT2D eigenvalue weighted by atomic mass is 10.1. The molecule has 1 saturated heterocycles. The summed E-state index contributed by atoms with van der Waals surface area (Å²) in [6.45, 7) is 5.51. The van der Waals surface area contributed by atoms with Crippen LogP contribution in [0.1, 0.15) is 23.1 Å². The number of anilines is 2. The van der Waals surface area contributed by atoms with Crippen LogP contribution in [0.25, 0.3) is 0 Å². The van der Waals surface area contributed by atoms with E-state index in [1.165, 1.54) is 0 Å². The van der Waals surface area contributed by atoms with Gasteiger partial charge in [0.25, 0.3) is 5.91 Å². The van der Waals surface area contributed by atoms with Crippen LogP contribution in [-0.4, -0.2) is 30.9 Å². The number of aryl methyl sites for hydroxylation is 3. The molecule has 0 unspecified atom stereocenters. The van der Waals surface area contributed by atoms with Gasteiger partial charge in [-0.05, 0) is 65.5 Å². The molecule has 1 heterocycles. The number of ether oxygens (including phenoxy) is 1. The predicted octanol–water partition coefficient (Wildman–Crippen LogP) is 4.56. The van der Waals surface area contributed by atoms with E-state index in [9.17, 15) is 14.4 Å². The van der Waals surface area contributed by atoms with E-state index in [0.29, 0.717) is 10.7 Å². The summed E-state index contributed by atoms with van der Waals surface area (Å²) < 4.78 is 5.90. The summed E-state index contributed by atoms with van der Waals surface area (Å²) in [5, 5.41) is 3.15. The Kier molecular flexibility index (Phi) is 6.83. The fraction of sp³-hybridized carbons (Fsp3) is 0.318. The summed E-state index contributed by atoms with van der Waals surface area (Å²) in [5.74, 6) is -1.76. The summed E-state index contributed by atoms with van der Waals surface area (Å²) in [4.78, 5) is 38.8. The number of rotatable bonds is 5. The normalized spacial score (nSPS) is 16.0. The van der Waals surface area contributed by atoms with Gasteiger partial charge in [-0.15, -0.1) is 0 Å². The second-order valence-corrected chi connectivity index (χ2v) is 8.64. The predicted molar refractivity (Wildman–Crippen MR) is 120 cm³/mol. The van der Waals surface area contributed by atoms with Gasteiger partial charge < -0.3 is 15.0 Å². The van der Waals surface area contributed by atoms with Crippen LogP contribution < -0.4 is 10.2 Å². The van der Waals surface area contributed by atoms with Crippen molar-refractivity contribution in [2.24, 2.45) is 5.92 Å². The molecule has 1 atom stereocenters. The highest BCUT2D eigenvalue weighted by molar-refractivity contribution is 9.10. The Morgan fingerprint density at radius 2 is 1.87 bits per heavy atom. The number of nitrogens with zero attached hydrogens (tertiary/aromatic N) is 1. The number of halogens is 2. The number of esters is 1. The van der Waals surface area contributed by atoms with Crippen molar-refractivity contribution in [2.75, 3.05) is 23.4 Å². The van der Waals surface area contributed by atoms with Crippen molar-refractivity contribution in [2.45, 2.75) is 27.2 Å². The number of nitrogens with one attached hydrogen (secondary N) is 1. The number of benzene rings is 2. The van der Waals surface area contributed by atoms with Crippen LogP contribution in [-0.2, 0) is 19.1 Å². The Morgan fingerprint density at radius 1 is 1.20 bits per heavy atom. The zero-order chi connectivity index (χ0) is 22.0. The first-order chi connectivity index (χ1) is 14.2. The molecule has 1 aliphatic rings. The Labute approximate surface area is 188 Å². The average molecular weight is 494 g/mol. The van der Waals surface area contributed by atoms with Crippen LogP contribution >= 0.6 is 27.5 Å². The van der Waals surface area contributed by atoms with Crippen LogP contribution in [0.15, 0.2) is 34.8 Å². The molecule has 8 heteroatoms. The van der Waals surface area contributed by atoms with Gasteiger partial charge in [-0.25, -0.2) is 0 Å². The van der Waals surface area contributed by atoms with Gasteiger partial charge in [-0.1, -0.05) is 29.8 Å². The van der Waals surface area contributed by atoms with Gasteiger partial charge in [0.2, 0.25) is 5.91 Å². The highest BCUT2D eigenvalue weighted by atomic mass is 79.9. The lowest BCUT2D eigenvalue weighted by molar-refractivity contribution is -0.151. The number of para-hydroxylation sites is 1. The third kappa shape index (κ3) is 4.84. The molecule has 2 amide bonds. The number of carbonyl (C=O) groups is 3. The zero-order valence-electron chi connectivity index (χ0n) is 16.9. The van der Waals surface area contributed by atoms with Crippen molar-refractivity contribution in [3.63, 3.8) is 0 Å². The zero-order valence-corrected chi connectivity index (χ0v) is 19.3. The largest absolute Gasteiger partial charge is 0.455 e. The van der Waals surface area contributed by atoms with Crippen LogP contribution in [0.3, 0.4) is 0 Å². The molecule has 158 valence electrons. The Hall–Kier alpha value is -2.38. The third-order valence-corrected chi connectivity index (χ3v) is 6.25. The molecule has 30 heavy (non-hydrogen) atoms. The molecule has 3 rings (SSSR count). The minimum atomic E-state index is -0.604. The Morgan fingerprint density at radius 3 is 2.53 bits per heavy atom. The average Bonchev–Trinajstić information content (AvgIpc) is 3.05. The smallest absolute Gasteiger partial charge is 0.311 e. The monoisotopic (exact) mass is 492 g/mol. The molecular weight excluding hydrogens is 472 g/mol. The van der Waals surface area contributed by atoms with Crippen molar-refractivity contribution >= 4 is 56.7 Å². The first-order valence-electron chi connectivity index (χ1n) is 9.46. The summed E-state index contributed by atoms with van der Waals surface area (Å²) >= 11 is 9.39. The van der Waals surface area contributed by atoms with Gasteiger partial charge in [-0.2, -0.15) is 0 Å². The van der Waals surface area contributed by atoms with Gasteiger partial charge in [0.15, 0.2) is 6.61 Å². The summed E-state index contributed by atoms with van der Waals surface area (Å²) in [6, 6.07) is 9.21. The van der Waals surface area contributed by atoms with E-state index in [4.69, 9.17) is 16.3 Å². The minimum absolute atomic E-state index is 0.0651. The molecule has 0 radical (unpaired) electrons. The lowest BCUT2D eigenvalue weighted by Gasteiger charge is -2.21. The summed E-state index contributed by atoms with van der Waals surface area (Å²) in [6.07, 6.45) is 0.0651. The minimum Gasteiger partial charge on any atom is -0.455 e. The van der Waals surface area contributed by atoms with Crippen molar-refractivity contribution < 1.29 is 19.1 Å². The molecule has 2 aromatic rings. The van der Waals surface area contributed by atoms with Crippen LogP contribution in [0.2, 0.25) is 5.02 Å². The maximum Gasteiger partial charge on any atom is 0.311 e. The molecule has 6 nitrogen and oxygen atoms in total. The highest BCUT2D eigenvalue weighted by Crippen LogP contribution is 2.31. The number of amides is 2. The van der Waals surface area contributed by atoms with Crippen LogP contribution in [0, 0.1) is 26.7 Å². The third-order valence-electron chi connectivity index (χ3n) is 5.05. The van der Waals surface area contributed by atoms with Crippen LogP contribution in [0.4, 0.5) is 11.4 Å². The van der Waals surface area contributed by atoms with E-state index in [0.717, 1.165) is 26.9 Å². The fourth-order valence-corrected chi connectivity index (χ4v) is 4.16. The van der Waals surface area contributed by atoms with E-state index >= 15 is 0 Å².